The molecule has 422 valence electrons. The van der Waals surface area contributed by atoms with Gasteiger partial charge in [-0.15, -0.1) is 0 Å². The van der Waals surface area contributed by atoms with E-state index in [0.717, 1.165) is 38.5 Å². The van der Waals surface area contributed by atoms with E-state index >= 15 is 0 Å². The van der Waals surface area contributed by atoms with Crippen molar-refractivity contribution in [1.29, 1.82) is 0 Å². The van der Waals surface area contributed by atoms with E-state index in [9.17, 15) is 30.3 Å². The monoisotopic (exact) mass is 1010 g/mol. The Kier molecular flexibility index (Phi) is 50.1. The van der Waals surface area contributed by atoms with Gasteiger partial charge in [0.25, 0.3) is 0 Å². The minimum absolute atomic E-state index is 0.174. The predicted molar refractivity (Wildman–Crippen MR) is 300 cm³/mol. The van der Waals surface area contributed by atoms with Crippen LogP contribution < -0.4 is 5.32 Å². The minimum atomic E-state index is -1.56. The lowest BCUT2D eigenvalue weighted by atomic mass is 9.99. The molecule has 0 aromatic rings. The molecule has 9 heteroatoms. The molecular weight excluding hydrogens is 887 g/mol. The molecular formula is C62H121NO8. The van der Waals surface area contributed by atoms with Gasteiger partial charge in [-0.2, -0.15) is 0 Å². The smallest absolute Gasteiger partial charge is 0.220 e. The molecule has 1 rings (SSSR count). The van der Waals surface area contributed by atoms with Crippen LogP contribution in [0.3, 0.4) is 0 Å². The van der Waals surface area contributed by atoms with Crippen molar-refractivity contribution in [1.82, 2.24) is 5.32 Å². The van der Waals surface area contributed by atoms with Crippen molar-refractivity contribution in [2.75, 3.05) is 13.2 Å². The number of unbranched alkanes of at least 4 members (excludes halogenated alkanes) is 45. The first-order valence-electron chi connectivity index (χ1n) is 31.4. The number of allylic oxidation sites excluding steroid dienone is 1. The summed E-state index contributed by atoms with van der Waals surface area (Å²) in [6.07, 6.45) is 59.4. The van der Waals surface area contributed by atoms with E-state index in [0.29, 0.717) is 6.42 Å². The highest BCUT2D eigenvalue weighted by Gasteiger charge is 2.44. The van der Waals surface area contributed by atoms with Crippen molar-refractivity contribution in [2.24, 2.45) is 0 Å². The molecule has 1 aliphatic heterocycles. The summed E-state index contributed by atoms with van der Waals surface area (Å²) < 4.78 is 11.2. The Morgan fingerprint density at radius 3 is 1.10 bits per heavy atom. The molecule has 9 nitrogen and oxygen atoms in total. The molecule has 1 amide bonds. The van der Waals surface area contributed by atoms with Crippen molar-refractivity contribution >= 4 is 5.91 Å². The van der Waals surface area contributed by atoms with Crippen LogP contribution in [0.2, 0.25) is 0 Å². The Morgan fingerprint density at radius 2 is 0.775 bits per heavy atom. The van der Waals surface area contributed by atoms with Crippen LogP contribution in [-0.4, -0.2) is 87.5 Å². The molecule has 1 aliphatic rings. The maximum absolute atomic E-state index is 13.0. The van der Waals surface area contributed by atoms with E-state index in [4.69, 9.17) is 9.47 Å². The lowest BCUT2D eigenvalue weighted by Gasteiger charge is -2.40. The third kappa shape index (κ3) is 41.8. The van der Waals surface area contributed by atoms with Crippen molar-refractivity contribution in [3.63, 3.8) is 0 Å². The van der Waals surface area contributed by atoms with E-state index in [1.807, 2.05) is 6.08 Å². The van der Waals surface area contributed by atoms with Gasteiger partial charge in [0, 0.05) is 6.42 Å². The number of ether oxygens (including phenoxy) is 2. The van der Waals surface area contributed by atoms with Gasteiger partial charge in [0.1, 0.15) is 24.4 Å². The molecule has 6 N–H and O–H groups in total. The summed E-state index contributed by atoms with van der Waals surface area (Å²) >= 11 is 0. The Morgan fingerprint density at radius 1 is 0.465 bits per heavy atom. The van der Waals surface area contributed by atoms with Gasteiger partial charge in [0.05, 0.1) is 25.4 Å². The molecule has 0 saturated carbocycles. The fourth-order valence-corrected chi connectivity index (χ4v) is 10.4. The first kappa shape index (κ1) is 67.9. The Bertz CT molecular complexity index is 1120. The molecule has 7 atom stereocenters. The van der Waals surface area contributed by atoms with Crippen molar-refractivity contribution < 1.29 is 39.8 Å². The minimum Gasteiger partial charge on any atom is -0.394 e. The quantitative estimate of drug-likeness (QED) is 0.0261. The van der Waals surface area contributed by atoms with Gasteiger partial charge in [-0.1, -0.05) is 309 Å². The number of hydrogen-bond donors (Lipinski definition) is 6. The van der Waals surface area contributed by atoms with E-state index in [1.165, 1.54) is 263 Å². The van der Waals surface area contributed by atoms with Crippen LogP contribution in [0.1, 0.15) is 322 Å². The number of rotatable bonds is 55. The number of nitrogens with one attached hydrogen (secondary N) is 1. The fraction of sp³-hybridized carbons (Fsp3) is 0.952. The standard InChI is InChI=1S/C62H121NO8/c1-3-5-7-9-11-13-14-15-16-17-18-19-20-21-22-23-24-25-26-27-28-29-30-31-32-33-34-35-36-37-38-39-40-41-42-43-44-46-48-50-52-58(66)63-55(56(65)51-49-47-45-12-10-8-6-4-2)54-70-62-61(69)60(68)59(67)57(53-64)71-62/h49,51,55-57,59-62,64-65,67-69H,3-48,50,52-54H2,1-2H3,(H,63,66)/b51-49+. The van der Waals surface area contributed by atoms with E-state index in [2.05, 4.69) is 19.2 Å². The van der Waals surface area contributed by atoms with Crippen LogP contribution in [0.15, 0.2) is 12.2 Å². The first-order chi connectivity index (χ1) is 34.8. The van der Waals surface area contributed by atoms with Crippen LogP contribution in [0, 0.1) is 0 Å². The van der Waals surface area contributed by atoms with E-state index in [-0.39, 0.29) is 12.5 Å². The molecule has 0 radical (unpaired) electrons. The second-order valence-corrected chi connectivity index (χ2v) is 22.2. The topological polar surface area (TPSA) is 149 Å². The summed E-state index contributed by atoms with van der Waals surface area (Å²) in [5.74, 6) is -0.174. The highest BCUT2D eigenvalue weighted by Crippen LogP contribution is 2.23. The lowest BCUT2D eigenvalue weighted by Crippen LogP contribution is -2.60. The maximum Gasteiger partial charge on any atom is 0.220 e. The number of hydrogen-bond acceptors (Lipinski definition) is 8. The summed E-state index contributed by atoms with van der Waals surface area (Å²) in [7, 11) is 0. The maximum atomic E-state index is 13.0. The fourth-order valence-electron chi connectivity index (χ4n) is 10.4. The number of carbonyl (C=O) groups excluding carboxylic acids is 1. The summed E-state index contributed by atoms with van der Waals surface area (Å²) in [5.41, 5.74) is 0. The first-order valence-corrected chi connectivity index (χ1v) is 31.4. The second-order valence-electron chi connectivity index (χ2n) is 22.2. The Labute approximate surface area is 439 Å². The molecule has 1 heterocycles. The van der Waals surface area contributed by atoms with Crippen LogP contribution >= 0.6 is 0 Å². The van der Waals surface area contributed by atoms with Crippen LogP contribution in [-0.2, 0) is 14.3 Å². The zero-order valence-electron chi connectivity index (χ0n) is 47.0. The third-order valence-electron chi connectivity index (χ3n) is 15.4. The summed E-state index contributed by atoms with van der Waals surface area (Å²) in [5, 5.41) is 54.2. The predicted octanol–water partition coefficient (Wildman–Crippen LogP) is 16.0. The average molecular weight is 1010 g/mol. The van der Waals surface area contributed by atoms with E-state index in [1.54, 1.807) is 6.08 Å². The normalized spacial score (nSPS) is 19.2. The van der Waals surface area contributed by atoms with Gasteiger partial charge in [-0.05, 0) is 19.3 Å². The number of amides is 1. The van der Waals surface area contributed by atoms with Gasteiger partial charge in [0.2, 0.25) is 5.91 Å². The number of aliphatic hydroxyl groups excluding tert-OH is 5. The van der Waals surface area contributed by atoms with Crippen molar-refractivity contribution in [2.45, 2.75) is 365 Å². The second kappa shape index (κ2) is 52.4. The zero-order valence-corrected chi connectivity index (χ0v) is 47.0. The van der Waals surface area contributed by atoms with Gasteiger partial charge in [0.15, 0.2) is 6.29 Å². The molecule has 1 fully saturated rings. The van der Waals surface area contributed by atoms with Crippen molar-refractivity contribution in [3.05, 3.63) is 12.2 Å². The van der Waals surface area contributed by atoms with E-state index < -0.39 is 49.5 Å². The Balaban J connectivity index is 1.94. The molecule has 1 saturated heterocycles. The summed E-state index contributed by atoms with van der Waals surface area (Å²) in [6.45, 7) is 3.76. The highest BCUT2D eigenvalue weighted by atomic mass is 16.7. The Hall–Kier alpha value is -1.07. The van der Waals surface area contributed by atoms with Gasteiger partial charge in [-0.3, -0.25) is 4.79 Å². The lowest BCUT2D eigenvalue weighted by molar-refractivity contribution is -0.302. The molecule has 0 aromatic carbocycles. The molecule has 0 aromatic heterocycles. The number of carbonyl (C=O) groups is 1. The molecule has 0 spiro atoms. The average Bonchev–Trinajstić information content (AvgIpc) is 3.37. The largest absolute Gasteiger partial charge is 0.394 e. The molecule has 71 heavy (non-hydrogen) atoms. The SMILES string of the molecule is CCCCCCCC/C=C/C(O)C(COC1OC(CO)C(O)C(O)C1O)NC(=O)CCCCCCCCCCCCCCCCCCCCCCCCCCCCCCCCCCCCCCCCCC. The van der Waals surface area contributed by atoms with Crippen LogP contribution in [0.25, 0.3) is 0 Å². The molecule has 7 unspecified atom stereocenters. The molecule has 0 bridgehead atoms. The van der Waals surface area contributed by atoms with Crippen LogP contribution in [0.4, 0.5) is 0 Å². The van der Waals surface area contributed by atoms with Gasteiger partial charge < -0.3 is 40.3 Å². The molecule has 0 aliphatic carbocycles. The summed E-state index contributed by atoms with van der Waals surface area (Å²) in [4.78, 5) is 13.0. The van der Waals surface area contributed by atoms with Crippen molar-refractivity contribution in [3.8, 4) is 0 Å². The third-order valence-corrected chi connectivity index (χ3v) is 15.4. The summed E-state index contributed by atoms with van der Waals surface area (Å²) in [6, 6.07) is -0.798. The van der Waals surface area contributed by atoms with Crippen LogP contribution in [0.5, 0.6) is 0 Å². The zero-order chi connectivity index (χ0) is 51.5. The highest BCUT2D eigenvalue weighted by molar-refractivity contribution is 5.76. The number of aliphatic hydroxyl groups is 5. The van der Waals surface area contributed by atoms with Gasteiger partial charge >= 0.3 is 0 Å². The van der Waals surface area contributed by atoms with Gasteiger partial charge in [-0.25, -0.2) is 0 Å².